The van der Waals surface area contributed by atoms with Crippen LogP contribution in [0.25, 0.3) is 0 Å². The molecule has 6 nitrogen and oxygen atoms in total. The maximum atomic E-state index is 13.3. The summed E-state index contributed by atoms with van der Waals surface area (Å²) < 4.78 is 17.6. The molecule has 2 fully saturated rings. The third kappa shape index (κ3) is 19.2. The number of fused-ring (bicyclic) bond motifs is 1. The normalized spacial score (nSPS) is 23.4. The van der Waals surface area contributed by atoms with Gasteiger partial charge in [0, 0.05) is 18.8 Å². The molecule has 0 aromatic carbocycles. The van der Waals surface area contributed by atoms with E-state index in [1.807, 2.05) is 12.3 Å². The van der Waals surface area contributed by atoms with Gasteiger partial charge in [0.15, 0.2) is 0 Å². The van der Waals surface area contributed by atoms with Gasteiger partial charge in [0.05, 0.1) is 25.2 Å². The first-order chi connectivity index (χ1) is 27.8. The van der Waals surface area contributed by atoms with E-state index in [1.54, 1.807) is 6.26 Å². The third-order valence-electron chi connectivity index (χ3n) is 13.9. The van der Waals surface area contributed by atoms with Gasteiger partial charge in [0.1, 0.15) is 6.10 Å². The molecule has 1 aromatic heterocycles. The Bertz CT molecular complexity index is 1180. The Hall–Kier alpha value is -2.08. The number of aryl methyl sites for hydroxylation is 1. The molecule has 0 spiro atoms. The van der Waals surface area contributed by atoms with Crippen molar-refractivity contribution in [3.8, 4) is 0 Å². The van der Waals surface area contributed by atoms with Crippen molar-refractivity contribution >= 4 is 11.9 Å². The molecule has 57 heavy (non-hydrogen) atoms. The van der Waals surface area contributed by atoms with Crippen LogP contribution in [0, 0.1) is 23.2 Å². The number of furan rings is 1. The van der Waals surface area contributed by atoms with Gasteiger partial charge in [0.25, 0.3) is 0 Å². The van der Waals surface area contributed by atoms with Gasteiger partial charge in [-0.15, -0.1) is 0 Å². The number of carbonyl (C=O) groups is 2. The summed E-state index contributed by atoms with van der Waals surface area (Å²) in [6, 6.07) is 2.02. The highest BCUT2D eigenvalue weighted by molar-refractivity contribution is 5.70. The van der Waals surface area contributed by atoms with Crippen molar-refractivity contribution in [1.82, 2.24) is 0 Å². The number of aliphatic hydroxyl groups is 1. The summed E-state index contributed by atoms with van der Waals surface area (Å²) in [6.45, 7) is 11.5. The molecule has 0 unspecified atom stereocenters. The lowest BCUT2D eigenvalue weighted by molar-refractivity contribution is -0.193. The van der Waals surface area contributed by atoms with Crippen molar-refractivity contribution in [3.05, 3.63) is 36.3 Å². The summed E-state index contributed by atoms with van der Waals surface area (Å²) in [5, 5.41) is 11.8. The highest BCUT2D eigenvalue weighted by Crippen LogP contribution is 2.58. The summed E-state index contributed by atoms with van der Waals surface area (Å²) >= 11 is 0. The largest absolute Gasteiger partial charge is 0.472 e. The molecule has 0 radical (unpaired) electrons. The van der Waals surface area contributed by atoms with Crippen LogP contribution in [0.3, 0.4) is 0 Å². The summed E-state index contributed by atoms with van der Waals surface area (Å²) in [5.41, 5.74) is 2.17. The highest BCUT2D eigenvalue weighted by atomic mass is 16.6. The van der Waals surface area contributed by atoms with Crippen LogP contribution in [-0.4, -0.2) is 35.9 Å². The minimum atomic E-state index is -0.811. The lowest BCUT2D eigenvalue weighted by Crippen LogP contribution is -2.58. The number of allylic oxidation sites excluding steroid dienone is 1. The first-order valence-electron chi connectivity index (χ1n) is 24.5. The van der Waals surface area contributed by atoms with Crippen LogP contribution >= 0.6 is 0 Å². The summed E-state index contributed by atoms with van der Waals surface area (Å²) in [7, 11) is 0. The van der Waals surface area contributed by atoms with Gasteiger partial charge in [0.2, 0.25) is 0 Å². The van der Waals surface area contributed by atoms with E-state index in [9.17, 15) is 14.7 Å². The molecule has 1 heterocycles. The van der Waals surface area contributed by atoms with E-state index >= 15 is 0 Å². The van der Waals surface area contributed by atoms with Crippen molar-refractivity contribution in [2.24, 2.45) is 23.2 Å². The van der Waals surface area contributed by atoms with Gasteiger partial charge in [-0.05, 0) is 73.8 Å². The lowest BCUT2D eigenvalue weighted by atomic mass is 9.49. The molecule has 0 bridgehead atoms. The molecule has 2 aliphatic carbocycles. The van der Waals surface area contributed by atoms with Crippen molar-refractivity contribution in [1.29, 1.82) is 0 Å². The average Bonchev–Trinajstić information content (AvgIpc) is 3.72. The predicted octanol–water partition coefficient (Wildman–Crippen LogP) is 14.6. The van der Waals surface area contributed by atoms with Gasteiger partial charge in [-0.2, -0.15) is 0 Å². The quantitative estimate of drug-likeness (QED) is 0.0425. The average molecular weight is 797 g/mol. The fraction of sp³-hybridized carbons (Fsp3) is 0.843. The Morgan fingerprint density at radius 2 is 1.21 bits per heavy atom. The van der Waals surface area contributed by atoms with Gasteiger partial charge in [-0.25, -0.2) is 0 Å². The van der Waals surface area contributed by atoms with Gasteiger partial charge >= 0.3 is 11.9 Å². The maximum absolute atomic E-state index is 13.3. The molecule has 1 N–H and O–H groups in total. The molecule has 2 saturated carbocycles. The molecule has 6 atom stereocenters. The molecule has 328 valence electrons. The molecule has 1 aromatic rings. The van der Waals surface area contributed by atoms with Gasteiger partial charge in [-0.1, -0.05) is 187 Å². The fourth-order valence-corrected chi connectivity index (χ4v) is 10.4. The van der Waals surface area contributed by atoms with E-state index in [-0.39, 0.29) is 41.7 Å². The Kier molecular flexibility index (Phi) is 26.0. The van der Waals surface area contributed by atoms with E-state index < -0.39 is 12.2 Å². The number of unbranched alkanes of at least 4 members (excludes halogenated alkanes) is 24. The zero-order chi connectivity index (χ0) is 41.0. The molecule has 0 amide bonds. The third-order valence-corrected chi connectivity index (χ3v) is 13.9. The highest BCUT2D eigenvalue weighted by Gasteiger charge is 2.57. The van der Waals surface area contributed by atoms with Crippen LogP contribution in [0.4, 0.5) is 0 Å². The topological polar surface area (TPSA) is 86.0 Å². The zero-order valence-electron chi connectivity index (χ0n) is 37.4. The van der Waals surface area contributed by atoms with E-state index in [0.717, 1.165) is 57.8 Å². The van der Waals surface area contributed by atoms with Crippen molar-refractivity contribution in [2.45, 2.75) is 245 Å². The van der Waals surface area contributed by atoms with Gasteiger partial charge < -0.3 is 19.0 Å². The van der Waals surface area contributed by atoms with E-state index in [1.165, 1.54) is 146 Å². The maximum Gasteiger partial charge on any atom is 0.306 e. The first kappa shape index (κ1) is 49.3. The van der Waals surface area contributed by atoms with Crippen LogP contribution < -0.4 is 0 Å². The van der Waals surface area contributed by atoms with E-state index in [0.29, 0.717) is 19.3 Å². The van der Waals surface area contributed by atoms with Crippen molar-refractivity contribution in [3.63, 3.8) is 0 Å². The van der Waals surface area contributed by atoms with Crippen molar-refractivity contribution in [2.75, 3.05) is 6.61 Å². The first-order valence-corrected chi connectivity index (χ1v) is 24.5. The fourth-order valence-electron chi connectivity index (χ4n) is 10.4. The van der Waals surface area contributed by atoms with Crippen LogP contribution in [0.2, 0.25) is 0 Å². The van der Waals surface area contributed by atoms with Crippen LogP contribution in [0.5, 0.6) is 0 Å². The number of hydrogen-bond acceptors (Lipinski definition) is 6. The summed E-state index contributed by atoms with van der Waals surface area (Å²) in [4.78, 5) is 26.4. The minimum Gasteiger partial charge on any atom is -0.472 e. The lowest BCUT2D eigenvalue weighted by Gasteiger charge is -2.57. The second-order valence-corrected chi connectivity index (χ2v) is 18.6. The molecule has 3 rings (SSSR count). The minimum absolute atomic E-state index is 0.152. The smallest absolute Gasteiger partial charge is 0.306 e. The number of rotatable bonds is 34. The second-order valence-electron chi connectivity index (χ2n) is 18.6. The van der Waals surface area contributed by atoms with Crippen LogP contribution in [0.15, 0.2) is 35.2 Å². The molecular weight excluding hydrogens is 709 g/mol. The summed E-state index contributed by atoms with van der Waals surface area (Å²) in [5.74, 6) is -0.278. The zero-order valence-corrected chi connectivity index (χ0v) is 37.4. The molecular formula is C51H88O6. The number of ether oxygens (including phenoxy) is 2. The predicted molar refractivity (Wildman–Crippen MR) is 236 cm³/mol. The Balaban J connectivity index is 1.45. The van der Waals surface area contributed by atoms with Crippen LogP contribution in [0.1, 0.15) is 232 Å². The number of carbonyl (C=O) groups excluding carboxylic acids is 2. The number of hydrogen-bond donors (Lipinski definition) is 1. The molecule has 2 aliphatic rings. The number of esters is 2. The van der Waals surface area contributed by atoms with Gasteiger partial charge in [-0.3, -0.25) is 9.59 Å². The van der Waals surface area contributed by atoms with Crippen LogP contribution in [-0.2, 0) is 25.5 Å². The Morgan fingerprint density at radius 1 is 0.737 bits per heavy atom. The molecule has 0 aliphatic heterocycles. The molecule has 0 saturated heterocycles. The summed E-state index contributed by atoms with van der Waals surface area (Å²) in [6.07, 6.45) is 39.8. The Labute approximate surface area is 350 Å². The second kappa shape index (κ2) is 30.0. The SMILES string of the molecule is C=C1CC[C@@H]2[C@H](COC(=O)CCCCCCCCCCCCCCC)[C@H](OC(=O)CCCCCCCCCCCCCCC)[C@H](O)C[C@@]2(C)[C@@H]1CCc1ccoc1. The molecule has 6 heteroatoms. The Morgan fingerprint density at radius 3 is 1.68 bits per heavy atom. The van der Waals surface area contributed by atoms with E-state index in [4.69, 9.17) is 13.9 Å². The standard InChI is InChI=1S/C51H88O6/c1-5-7-9-11-13-15-17-19-21-23-25-27-29-31-48(53)56-41-44-46-35-33-42(3)45(36-34-43-37-38-55-40-43)51(46,4)39-47(52)50(44)57-49(54)32-30-28-26-24-22-20-18-16-14-12-10-8-6-2/h37-38,40,44-47,50,52H,3,5-36,39,41H2,1-2,4H3/t44-,45+,46+,47+,50-,51-/m0/s1. The number of aliphatic hydroxyl groups excluding tert-OH is 1. The van der Waals surface area contributed by atoms with E-state index in [2.05, 4.69) is 27.4 Å². The monoisotopic (exact) mass is 797 g/mol. The van der Waals surface area contributed by atoms with Crippen molar-refractivity contribution < 1.29 is 28.6 Å².